The van der Waals surface area contributed by atoms with Crippen molar-refractivity contribution >= 4 is 33.8 Å². The molecule has 8 rings (SSSR count). The van der Waals surface area contributed by atoms with Crippen molar-refractivity contribution in [2.24, 2.45) is 5.92 Å². The topological polar surface area (TPSA) is 276 Å². The van der Waals surface area contributed by atoms with E-state index < -0.39 is 79.0 Å². The first-order valence-corrected chi connectivity index (χ1v) is 21.3. The molecule has 1 aliphatic heterocycles. The lowest BCUT2D eigenvalue weighted by Gasteiger charge is -2.46. The first kappa shape index (κ1) is 45.3. The second-order valence-electron chi connectivity index (χ2n) is 16.8. The van der Waals surface area contributed by atoms with Gasteiger partial charge in [0, 0.05) is 41.9 Å². The smallest absolute Gasteiger partial charge is 0.324 e. The van der Waals surface area contributed by atoms with Crippen molar-refractivity contribution in [3.63, 3.8) is 0 Å². The fraction of sp³-hybridized carbons (Fsp3) is 0.383. The molecular formula is C47H51N3O15. The Morgan fingerprint density at radius 1 is 0.969 bits per heavy atom. The Balaban J connectivity index is 1.15. The van der Waals surface area contributed by atoms with E-state index in [2.05, 4.69) is 10.3 Å². The fourth-order valence-electron chi connectivity index (χ4n) is 8.90. The molecule has 8 atom stereocenters. The van der Waals surface area contributed by atoms with Gasteiger partial charge in [0.15, 0.2) is 17.5 Å². The Bertz CT molecular complexity index is 2700. The van der Waals surface area contributed by atoms with Gasteiger partial charge in [0.2, 0.25) is 12.4 Å². The average molecular weight is 898 g/mol. The number of hydrogen-bond donors (Lipinski definition) is 9. The Kier molecular flexibility index (Phi) is 13.0. The summed E-state index contributed by atoms with van der Waals surface area (Å²) < 4.78 is 25.0. The van der Waals surface area contributed by atoms with Crippen molar-refractivity contribution in [2.45, 2.75) is 94.5 Å². The summed E-state index contributed by atoms with van der Waals surface area (Å²) in [6, 6.07) is 16.6. The molecule has 0 bridgehead atoms. The van der Waals surface area contributed by atoms with Gasteiger partial charge in [-0.15, -0.1) is 0 Å². The number of aliphatic hydroxyl groups excluding tert-OH is 4. The summed E-state index contributed by atoms with van der Waals surface area (Å²) in [6.45, 7) is 1.94. The minimum absolute atomic E-state index is 0.0160. The van der Waals surface area contributed by atoms with Crippen LogP contribution in [0.1, 0.15) is 43.2 Å². The number of carbonyl (C=O) groups excluding carboxylic acids is 1. The van der Waals surface area contributed by atoms with Crippen LogP contribution in [-0.2, 0) is 19.1 Å². The molecule has 2 fully saturated rings. The average Bonchev–Trinajstić information content (AvgIpc) is 4.03. The molecule has 3 aromatic carbocycles. The number of carbonyl (C=O) groups is 2. The third-order valence-corrected chi connectivity index (χ3v) is 12.1. The maximum Gasteiger partial charge on any atom is 0.324 e. The summed E-state index contributed by atoms with van der Waals surface area (Å²) in [5.41, 5.74) is 4.22. The first-order valence-electron chi connectivity index (χ1n) is 21.3. The van der Waals surface area contributed by atoms with Gasteiger partial charge in [-0.25, -0.2) is 0 Å². The van der Waals surface area contributed by atoms with Gasteiger partial charge in [0.1, 0.15) is 47.9 Å². The van der Waals surface area contributed by atoms with Gasteiger partial charge < -0.3 is 69.5 Å². The predicted molar refractivity (Wildman–Crippen MR) is 233 cm³/mol. The summed E-state index contributed by atoms with van der Waals surface area (Å²) in [5.74, 6) is -8.34. The van der Waals surface area contributed by atoms with E-state index in [1.165, 1.54) is 41.3 Å². The number of carboxylic acids is 1. The minimum atomic E-state index is -3.19. The molecule has 18 nitrogen and oxygen atoms in total. The molecule has 8 unspecified atom stereocenters. The van der Waals surface area contributed by atoms with E-state index >= 15 is 0 Å². The van der Waals surface area contributed by atoms with Crippen LogP contribution in [0.25, 0.3) is 44.3 Å². The number of nitrogens with one attached hydrogen (secondary N) is 2. The van der Waals surface area contributed by atoms with E-state index in [-0.39, 0.29) is 40.5 Å². The van der Waals surface area contributed by atoms with Crippen LogP contribution in [0.5, 0.6) is 11.5 Å². The number of nitrogens with zero attached hydrogens (tertiary/aromatic N) is 1. The number of aromatic amines is 1. The lowest BCUT2D eigenvalue weighted by atomic mass is 9.92. The SMILES string of the molecule is Cc1cc(C)cc(-c2c3[nH]ccc3cn2OC2C(Oc3ccc4c(=O)c(-c5ccc(O)cc5)coc4c3)OC(C(O)(CO)OC(=O)C(C(=O)O)C(CCO)NC3CCCC3)C(O)C2O)c1. The van der Waals surface area contributed by atoms with Crippen LogP contribution in [0.2, 0.25) is 0 Å². The molecule has 344 valence electrons. The molecule has 1 saturated heterocycles. The number of H-pyrrole nitrogens is 1. The van der Waals surface area contributed by atoms with Crippen LogP contribution >= 0.6 is 0 Å². The van der Waals surface area contributed by atoms with Crippen molar-refractivity contribution in [2.75, 3.05) is 13.2 Å². The van der Waals surface area contributed by atoms with Gasteiger partial charge in [-0.3, -0.25) is 14.4 Å². The molecule has 0 radical (unpaired) electrons. The van der Waals surface area contributed by atoms with Crippen molar-refractivity contribution in [3.05, 3.63) is 107 Å². The largest absolute Gasteiger partial charge is 0.508 e. The lowest BCUT2D eigenvalue weighted by Crippen LogP contribution is -2.69. The van der Waals surface area contributed by atoms with E-state index in [9.17, 15) is 50.1 Å². The number of hydrogen-bond acceptors (Lipinski definition) is 15. The molecule has 0 amide bonds. The van der Waals surface area contributed by atoms with Crippen molar-refractivity contribution in [1.82, 2.24) is 15.0 Å². The number of aryl methyl sites for hydroxylation is 2. The molecular weight excluding hydrogens is 847 g/mol. The number of rotatable bonds is 16. The second-order valence-corrected chi connectivity index (χ2v) is 16.8. The molecule has 1 saturated carbocycles. The van der Waals surface area contributed by atoms with Crippen molar-refractivity contribution in [3.8, 4) is 33.9 Å². The number of benzene rings is 3. The highest BCUT2D eigenvalue weighted by molar-refractivity contribution is 5.95. The lowest BCUT2D eigenvalue weighted by molar-refractivity contribution is -0.356. The van der Waals surface area contributed by atoms with Gasteiger partial charge in [0.25, 0.3) is 5.79 Å². The second kappa shape index (κ2) is 18.7. The predicted octanol–water partition coefficient (Wildman–Crippen LogP) is 3.26. The number of fused-ring (bicyclic) bond motifs is 2. The number of phenolic OH excluding ortho intramolecular Hbond substituents is 1. The van der Waals surface area contributed by atoms with Crippen LogP contribution in [-0.4, -0.2) is 119 Å². The molecule has 9 N–H and O–H groups in total. The molecule has 1 aliphatic carbocycles. The zero-order chi connectivity index (χ0) is 46.2. The minimum Gasteiger partial charge on any atom is -0.508 e. The van der Waals surface area contributed by atoms with E-state index in [0.29, 0.717) is 35.0 Å². The molecule has 4 heterocycles. The Morgan fingerprint density at radius 2 is 1.69 bits per heavy atom. The van der Waals surface area contributed by atoms with Crippen LogP contribution < -0.4 is 20.3 Å². The molecule has 65 heavy (non-hydrogen) atoms. The molecule has 3 aromatic heterocycles. The molecule has 0 spiro atoms. The summed E-state index contributed by atoms with van der Waals surface area (Å²) in [5, 5.41) is 80.0. The quantitative estimate of drug-likeness (QED) is 0.0383. The Hall–Kier alpha value is -6.25. The fourth-order valence-corrected chi connectivity index (χ4v) is 8.90. The van der Waals surface area contributed by atoms with Crippen LogP contribution in [0.3, 0.4) is 0 Å². The van der Waals surface area contributed by atoms with Gasteiger partial charge in [-0.2, -0.15) is 4.73 Å². The number of phenols is 1. The third kappa shape index (κ3) is 9.19. The number of aromatic nitrogens is 2. The zero-order valence-corrected chi connectivity index (χ0v) is 35.5. The normalized spacial score (nSPS) is 22.1. The highest BCUT2D eigenvalue weighted by Gasteiger charge is 2.58. The zero-order valence-electron chi connectivity index (χ0n) is 35.5. The standard InChI is InChI=1S/C47H51N3O15/c1-24-17-25(2)19-28(18-24)38-37-27(13-15-48-37)21-50(38)65-42-40(55)41(56)43(47(60,23-52)64-45(59)36(44(57)58)34(14-16-51)49-29-5-3-4-6-29)63-46(42)62-31-11-12-32-35(20-31)61-22-33(39(32)54)26-7-9-30(53)10-8-26/h7-13,15,17-22,29,34,36,40-43,46,48-49,51-53,55-56,60H,3-6,14,16,23H2,1-2H3,(H,57,58). The number of ether oxygens (including phenoxy) is 3. The van der Waals surface area contributed by atoms with Crippen LogP contribution in [0, 0.1) is 19.8 Å². The maximum absolute atomic E-state index is 13.8. The number of aliphatic carboxylic acids is 1. The Labute approximate surface area is 371 Å². The summed E-state index contributed by atoms with van der Waals surface area (Å²) >= 11 is 0. The third-order valence-electron chi connectivity index (χ3n) is 12.1. The Morgan fingerprint density at radius 3 is 2.37 bits per heavy atom. The van der Waals surface area contributed by atoms with E-state index in [0.717, 1.165) is 29.5 Å². The molecule has 18 heteroatoms. The van der Waals surface area contributed by atoms with Crippen molar-refractivity contribution in [1.29, 1.82) is 0 Å². The number of esters is 1. The van der Waals surface area contributed by atoms with Gasteiger partial charge in [-0.05, 0) is 81.1 Å². The summed E-state index contributed by atoms with van der Waals surface area (Å²) in [7, 11) is 0. The highest BCUT2D eigenvalue weighted by atomic mass is 16.8. The summed E-state index contributed by atoms with van der Waals surface area (Å²) in [4.78, 5) is 49.7. The monoisotopic (exact) mass is 897 g/mol. The van der Waals surface area contributed by atoms with Gasteiger partial charge >= 0.3 is 11.9 Å². The maximum atomic E-state index is 13.8. The summed E-state index contributed by atoms with van der Waals surface area (Å²) in [6.07, 6.45) is -2.24. The number of aromatic hydroxyl groups is 1. The van der Waals surface area contributed by atoms with E-state index in [1.54, 1.807) is 30.6 Å². The van der Waals surface area contributed by atoms with Crippen LogP contribution in [0.4, 0.5) is 0 Å². The number of aliphatic hydroxyl groups is 5. The molecule has 6 aromatic rings. The first-order chi connectivity index (χ1) is 31.2. The highest BCUT2D eigenvalue weighted by Crippen LogP contribution is 2.36. The van der Waals surface area contributed by atoms with E-state index in [4.69, 9.17) is 23.5 Å². The van der Waals surface area contributed by atoms with Crippen molar-refractivity contribution < 1.29 is 68.8 Å². The van der Waals surface area contributed by atoms with Gasteiger partial charge in [0.05, 0.1) is 22.7 Å². The van der Waals surface area contributed by atoms with Gasteiger partial charge in [-0.1, -0.05) is 42.2 Å². The number of carboxylic acid groups (broad SMARTS) is 1. The van der Waals surface area contributed by atoms with Crippen LogP contribution in [0.15, 0.2) is 94.6 Å². The van der Waals surface area contributed by atoms with E-state index in [1.807, 2.05) is 32.0 Å². The molecule has 2 aliphatic rings.